The molecule has 7 N–H and O–H groups in total. The Kier molecular flexibility index (Phi) is 14.6. The van der Waals surface area contributed by atoms with Crippen LogP contribution in [-0.2, 0) is 4.79 Å². The first-order chi connectivity index (χ1) is 16.7. The average molecular weight is 486 g/mol. The van der Waals surface area contributed by atoms with Gasteiger partial charge in [0.1, 0.15) is 6.10 Å². The fraction of sp³-hybridized carbons (Fsp3) is 0.444. The third-order valence-electron chi connectivity index (χ3n) is 5.08. The highest BCUT2D eigenvalue weighted by Gasteiger charge is 2.14. The van der Waals surface area contributed by atoms with Crippen molar-refractivity contribution < 1.29 is 35.4 Å². The fourth-order valence-electron chi connectivity index (χ4n) is 2.98. The number of aromatic hydroxyl groups is 2. The molecule has 0 aliphatic heterocycles. The number of aliphatic hydroxyl groups is 4. The van der Waals surface area contributed by atoms with E-state index in [2.05, 4.69) is 35.6 Å². The number of carbonyl (C=O) groups is 1. The van der Waals surface area contributed by atoms with Crippen LogP contribution in [0, 0.1) is 23.7 Å². The Morgan fingerprint density at radius 2 is 1.69 bits per heavy atom. The molecule has 0 fully saturated rings. The van der Waals surface area contributed by atoms with E-state index in [0.717, 1.165) is 25.7 Å². The summed E-state index contributed by atoms with van der Waals surface area (Å²) in [5, 5.41) is 60.4. The number of rotatable bonds is 14. The lowest BCUT2D eigenvalue weighted by molar-refractivity contribution is -0.116. The summed E-state index contributed by atoms with van der Waals surface area (Å²) in [5.74, 6) is 9.15. The lowest BCUT2D eigenvalue weighted by Gasteiger charge is -2.15. The molecule has 4 unspecified atom stereocenters. The first-order valence-electron chi connectivity index (χ1n) is 11.5. The molecule has 8 heteroatoms. The van der Waals surface area contributed by atoms with Crippen LogP contribution in [0.5, 0.6) is 11.5 Å². The minimum Gasteiger partial charge on any atom is -0.504 e. The number of unbranched alkanes of at least 4 members (excludes halogenated alkanes) is 3. The quantitative estimate of drug-likeness (QED) is 0.0695. The minimum absolute atomic E-state index is 0.0878. The standard InChI is InChI=1S/C27H35NO7/c1-2-21(29)10-7-5-9-13-24(32)23(31)12-8-4-3-6-11-22(30)19-28-27(35)17-15-20-14-16-25(33)26(34)18-20/h2,14-18,21-24,29-34H,1,3-4,6,8,11-13,19H2,(H,28,35). The van der Waals surface area contributed by atoms with E-state index in [1.54, 1.807) is 6.07 Å². The molecule has 0 aliphatic carbocycles. The van der Waals surface area contributed by atoms with Crippen molar-refractivity contribution >= 4 is 12.0 Å². The van der Waals surface area contributed by atoms with Crippen LogP contribution >= 0.6 is 0 Å². The summed E-state index contributed by atoms with van der Waals surface area (Å²) in [6.45, 7) is 3.50. The van der Waals surface area contributed by atoms with Crippen LogP contribution in [0.2, 0.25) is 0 Å². The molecule has 0 heterocycles. The first-order valence-corrected chi connectivity index (χ1v) is 11.5. The highest BCUT2D eigenvalue weighted by molar-refractivity contribution is 5.91. The molecule has 0 aliphatic rings. The molecule has 35 heavy (non-hydrogen) atoms. The van der Waals surface area contributed by atoms with E-state index in [-0.39, 0.29) is 30.4 Å². The molecule has 4 atom stereocenters. The van der Waals surface area contributed by atoms with Gasteiger partial charge >= 0.3 is 0 Å². The molecule has 1 aromatic carbocycles. The normalized spacial score (nSPS) is 14.1. The zero-order valence-corrected chi connectivity index (χ0v) is 19.7. The van der Waals surface area contributed by atoms with Crippen molar-refractivity contribution in [2.75, 3.05) is 6.54 Å². The van der Waals surface area contributed by atoms with Gasteiger partial charge in [0.05, 0.1) is 18.3 Å². The number of hydrogen-bond donors (Lipinski definition) is 7. The van der Waals surface area contributed by atoms with Crippen LogP contribution in [0.25, 0.3) is 6.08 Å². The van der Waals surface area contributed by atoms with Crippen molar-refractivity contribution in [1.29, 1.82) is 0 Å². The summed E-state index contributed by atoms with van der Waals surface area (Å²) >= 11 is 0. The number of benzene rings is 1. The highest BCUT2D eigenvalue weighted by atomic mass is 16.3. The largest absolute Gasteiger partial charge is 0.504 e. The summed E-state index contributed by atoms with van der Waals surface area (Å²) in [6.07, 6.45) is 4.82. The molecule has 1 aromatic rings. The third kappa shape index (κ3) is 13.9. The molecule has 0 spiro atoms. The van der Waals surface area contributed by atoms with E-state index in [0.29, 0.717) is 18.4 Å². The minimum atomic E-state index is -0.965. The molecule has 0 saturated carbocycles. The molecule has 0 aromatic heterocycles. The lowest BCUT2D eigenvalue weighted by atomic mass is 10.0. The number of phenolic OH excluding ortho intramolecular Hbond substituents is 2. The van der Waals surface area contributed by atoms with E-state index in [4.69, 9.17) is 5.11 Å². The van der Waals surface area contributed by atoms with Gasteiger partial charge in [-0.3, -0.25) is 4.79 Å². The van der Waals surface area contributed by atoms with E-state index < -0.39 is 24.4 Å². The van der Waals surface area contributed by atoms with Gasteiger partial charge < -0.3 is 36.0 Å². The van der Waals surface area contributed by atoms with Crippen molar-refractivity contribution in [3.05, 3.63) is 42.5 Å². The Balaban J connectivity index is 2.13. The van der Waals surface area contributed by atoms with Crippen molar-refractivity contribution in [3.63, 3.8) is 0 Å². The summed E-state index contributed by atoms with van der Waals surface area (Å²) < 4.78 is 0. The summed E-state index contributed by atoms with van der Waals surface area (Å²) in [4.78, 5) is 11.9. The van der Waals surface area contributed by atoms with Gasteiger partial charge in [-0.2, -0.15) is 0 Å². The van der Waals surface area contributed by atoms with Gasteiger partial charge in [0.2, 0.25) is 5.91 Å². The third-order valence-corrected chi connectivity index (χ3v) is 5.08. The maximum Gasteiger partial charge on any atom is 0.244 e. The van der Waals surface area contributed by atoms with Crippen LogP contribution in [0.4, 0.5) is 0 Å². The van der Waals surface area contributed by atoms with Crippen LogP contribution in [-0.4, -0.2) is 67.5 Å². The number of phenols is 2. The second kappa shape index (κ2) is 17.2. The van der Waals surface area contributed by atoms with Crippen LogP contribution in [0.1, 0.15) is 50.5 Å². The topological polar surface area (TPSA) is 150 Å². The number of nitrogens with one attached hydrogen (secondary N) is 1. The Bertz CT molecular complexity index is 952. The summed E-state index contributed by atoms with van der Waals surface area (Å²) in [7, 11) is 0. The SMILES string of the molecule is C=CC(O)C#CC#CCC(O)C(O)CCCCCCC(O)CNC(=O)C=Cc1ccc(O)c(O)c1. The number of carbonyl (C=O) groups excluding carboxylic acids is 1. The van der Waals surface area contributed by atoms with Crippen molar-refractivity contribution in [3.8, 4) is 35.2 Å². The molecular weight excluding hydrogens is 450 g/mol. The molecule has 1 rings (SSSR count). The zero-order valence-electron chi connectivity index (χ0n) is 19.7. The van der Waals surface area contributed by atoms with Gasteiger partial charge in [-0.25, -0.2) is 0 Å². The molecule has 0 bridgehead atoms. The average Bonchev–Trinajstić information content (AvgIpc) is 2.84. The Morgan fingerprint density at radius 1 is 0.971 bits per heavy atom. The van der Waals surface area contributed by atoms with Gasteiger partial charge in [0, 0.05) is 19.0 Å². The van der Waals surface area contributed by atoms with Crippen molar-refractivity contribution in [1.82, 2.24) is 5.32 Å². The Hall–Kier alpha value is -3.27. The first kappa shape index (κ1) is 29.8. The Morgan fingerprint density at radius 3 is 2.37 bits per heavy atom. The van der Waals surface area contributed by atoms with Crippen molar-refractivity contribution in [2.24, 2.45) is 0 Å². The fourth-order valence-corrected chi connectivity index (χ4v) is 2.98. The zero-order chi connectivity index (χ0) is 26.1. The maximum atomic E-state index is 11.9. The van der Waals surface area contributed by atoms with Gasteiger partial charge in [-0.05, 0) is 48.5 Å². The molecule has 0 radical (unpaired) electrons. The van der Waals surface area contributed by atoms with Gasteiger partial charge in [0.15, 0.2) is 11.5 Å². The Labute approximate surface area is 206 Å². The maximum absolute atomic E-state index is 11.9. The van der Waals surface area contributed by atoms with Crippen LogP contribution in [0.15, 0.2) is 36.9 Å². The van der Waals surface area contributed by atoms with Crippen LogP contribution < -0.4 is 5.32 Å². The van der Waals surface area contributed by atoms with E-state index in [1.165, 1.54) is 30.4 Å². The number of hydrogen-bond acceptors (Lipinski definition) is 7. The van der Waals surface area contributed by atoms with E-state index in [1.807, 2.05) is 0 Å². The highest BCUT2D eigenvalue weighted by Crippen LogP contribution is 2.25. The second-order valence-electron chi connectivity index (χ2n) is 8.06. The monoisotopic (exact) mass is 485 g/mol. The predicted molar refractivity (Wildman–Crippen MR) is 134 cm³/mol. The van der Waals surface area contributed by atoms with Gasteiger partial charge in [-0.15, -0.1) is 0 Å². The van der Waals surface area contributed by atoms with E-state index in [9.17, 15) is 30.3 Å². The predicted octanol–water partition coefficient (Wildman–Crippen LogP) is 1.59. The second-order valence-corrected chi connectivity index (χ2v) is 8.06. The number of aliphatic hydroxyl groups excluding tert-OH is 4. The smallest absolute Gasteiger partial charge is 0.244 e. The summed E-state index contributed by atoms with van der Waals surface area (Å²) in [6, 6.07) is 4.21. The number of amides is 1. The summed E-state index contributed by atoms with van der Waals surface area (Å²) in [5.41, 5.74) is 0.552. The molecule has 8 nitrogen and oxygen atoms in total. The molecular formula is C27H35NO7. The molecule has 0 saturated heterocycles. The molecule has 1 amide bonds. The lowest BCUT2D eigenvalue weighted by Crippen LogP contribution is -2.30. The molecule has 190 valence electrons. The van der Waals surface area contributed by atoms with E-state index >= 15 is 0 Å². The van der Waals surface area contributed by atoms with Crippen molar-refractivity contribution in [2.45, 2.75) is 69.4 Å². The van der Waals surface area contributed by atoms with Gasteiger partial charge in [-0.1, -0.05) is 56.2 Å². The van der Waals surface area contributed by atoms with Crippen LogP contribution in [0.3, 0.4) is 0 Å². The van der Waals surface area contributed by atoms with Gasteiger partial charge in [0.25, 0.3) is 0 Å².